The molecule has 2 N–H and O–H groups in total. The molecule has 0 fully saturated rings. The maximum Gasteiger partial charge on any atom is 0.340 e. The van der Waals surface area contributed by atoms with Crippen LogP contribution in [0.4, 0.5) is 5.69 Å². The van der Waals surface area contributed by atoms with Crippen molar-refractivity contribution in [3.05, 3.63) is 59.9 Å². The van der Waals surface area contributed by atoms with Crippen LogP contribution in [0.1, 0.15) is 22.8 Å². The van der Waals surface area contributed by atoms with Gasteiger partial charge in [-0.1, -0.05) is 25.1 Å². The highest BCUT2D eigenvalue weighted by atomic mass is 16.5. The second-order valence-corrected chi connectivity index (χ2v) is 5.15. The fourth-order valence-corrected chi connectivity index (χ4v) is 2.07. The number of nitrogens with zero attached hydrogens (tertiary/aromatic N) is 1. The molecule has 0 spiro atoms. The summed E-state index contributed by atoms with van der Waals surface area (Å²) in [6.07, 6.45) is 3.66. The summed E-state index contributed by atoms with van der Waals surface area (Å²) in [6, 6.07) is 10.6. The van der Waals surface area contributed by atoms with Gasteiger partial charge in [-0.2, -0.15) is 0 Å². The summed E-state index contributed by atoms with van der Waals surface area (Å²) >= 11 is 0. The molecule has 7 nitrogen and oxygen atoms in total. The van der Waals surface area contributed by atoms with Gasteiger partial charge in [0.15, 0.2) is 6.61 Å². The first-order chi connectivity index (χ1) is 12.1. The summed E-state index contributed by atoms with van der Waals surface area (Å²) in [5.41, 5.74) is 1.98. The maximum atomic E-state index is 11.9. The van der Waals surface area contributed by atoms with Crippen LogP contribution in [0.25, 0.3) is 0 Å². The van der Waals surface area contributed by atoms with Gasteiger partial charge in [-0.3, -0.25) is 14.6 Å². The molecule has 0 aliphatic rings. The number of hydrogen-bond donors (Lipinski definition) is 2. The molecule has 25 heavy (non-hydrogen) atoms. The van der Waals surface area contributed by atoms with Crippen LogP contribution in [0.5, 0.6) is 0 Å². The Morgan fingerprint density at radius 1 is 1.08 bits per heavy atom. The number of hydrogen-bond acceptors (Lipinski definition) is 5. The molecule has 0 saturated heterocycles. The van der Waals surface area contributed by atoms with Crippen molar-refractivity contribution in [2.75, 3.05) is 18.5 Å². The Labute approximate surface area is 145 Å². The lowest BCUT2D eigenvalue weighted by Crippen LogP contribution is -2.35. The SMILES string of the molecule is CCc1ccccc1NC(=O)CNC(=O)COC(=O)c1cccnc1. The van der Waals surface area contributed by atoms with E-state index in [1.807, 2.05) is 25.1 Å². The van der Waals surface area contributed by atoms with Crippen molar-refractivity contribution in [3.8, 4) is 0 Å². The first-order valence-corrected chi connectivity index (χ1v) is 7.81. The topological polar surface area (TPSA) is 97.4 Å². The number of carbonyl (C=O) groups is 3. The van der Waals surface area contributed by atoms with Gasteiger partial charge in [-0.25, -0.2) is 4.79 Å². The lowest BCUT2D eigenvalue weighted by molar-refractivity contribution is -0.126. The number of esters is 1. The standard InChI is InChI=1S/C18H19N3O4/c1-2-13-6-3-4-8-15(13)21-16(22)11-20-17(23)12-25-18(24)14-7-5-9-19-10-14/h3-10H,2,11-12H2,1H3,(H,20,23)(H,21,22). The molecule has 2 amide bonds. The molecule has 130 valence electrons. The monoisotopic (exact) mass is 341 g/mol. The molecule has 0 radical (unpaired) electrons. The molecule has 1 aromatic heterocycles. The quantitative estimate of drug-likeness (QED) is 0.745. The summed E-state index contributed by atoms with van der Waals surface area (Å²) in [5, 5.41) is 5.14. The minimum atomic E-state index is -0.649. The number of aromatic nitrogens is 1. The second-order valence-electron chi connectivity index (χ2n) is 5.15. The van der Waals surface area contributed by atoms with Gasteiger partial charge in [0.25, 0.3) is 5.91 Å². The number of para-hydroxylation sites is 1. The van der Waals surface area contributed by atoms with E-state index in [4.69, 9.17) is 4.74 Å². The van der Waals surface area contributed by atoms with Crippen molar-refractivity contribution >= 4 is 23.5 Å². The maximum absolute atomic E-state index is 11.9. The van der Waals surface area contributed by atoms with Crippen molar-refractivity contribution < 1.29 is 19.1 Å². The van der Waals surface area contributed by atoms with E-state index < -0.39 is 18.5 Å². The van der Waals surface area contributed by atoms with Gasteiger partial charge in [-0.15, -0.1) is 0 Å². The number of benzene rings is 1. The number of carbonyl (C=O) groups excluding carboxylic acids is 3. The average Bonchev–Trinajstić information content (AvgIpc) is 2.65. The van der Waals surface area contributed by atoms with Crippen LogP contribution >= 0.6 is 0 Å². The van der Waals surface area contributed by atoms with E-state index in [1.54, 1.807) is 12.1 Å². The van der Waals surface area contributed by atoms with E-state index in [1.165, 1.54) is 18.5 Å². The van der Waals surface area contributed by atoms with E-state index in [-0.39, 0.29) is 18.0 Å². The Bertz CT molecular complexity index is 747. The molecule has 0 aliphatic carbocycles. The first kappa shape index (κ1) is 18.1. The van der Waals surface area contributed by atoms with Gasteiger partial charge in [0.2, 0.25) is 5.91 Å². The van der Waals surface area contributed by atoms with Gasteiger partial charge in [0.05, 0.1) is 12.1 Å². The van der Waals surface area contributed by atoms with Crippen LogP contribution in [0.2, 0.25) is 0 Å². The highest BCUT2D eigenvalue weighted by Gasteiger charge is 2.11. The fraction of sp³-hybridized carbons (Fsp3) is 0.222. The van der Waals surface area contributed by atoms with Crippen molar-refractivity contribution in [3.63, 3.8) is 0 Å². The smallest absolute Gasteiger partial charge is 0.340 e. The molecule has 0 atom stereocenters. The number of pyridine rings is 1. The minimum Gasteiger partial charge on any atom is -0.452 e. The highest BCUT2D eigenvalue weighted by molar-refractivity contribution is 5.96. The number of rotatable bonds is 7. The molecule has 2 aromatic rings. The Balaban J connectivity index is 1.74. The van der Waals surface area contributed by atoms with Gasteiger partial charge >= 0.3 is 5.97 Å². The van der Waals surface area contributed by atoms with Gasteiger partial charge in [-0.05, 0) is 30.2 Å². The van der Waals surface area contributed by atoms with Crippen molar-refractivity contribution in [2.45, 2.75) is 13.3 Å². The second kappa shape index (κ2) is 9.17. The lowest BCUT2D eigenvalue weighted by atomic mass is 10.1. The van der Waals surface area contributed by atoms with Crippen molar-refractivity contribution in [1.29, 1.82) is 0 Å². The zero-order chi connectivity index (χ0) is 18.1. The van der Waals surface area contributed by atoms with Gasteiger partial charge < -0.3 is 15.4 Å². The number of anilines is 1. The normalized spacial score (nSPS) is 9.96. The van der Waals surface area contributed by atoms with Crippen LogP contribution in [0.3, 0.4) is 0 Å². The molecule has 0 unspecified atom stereocenters. The summed E-state index contributed by atoms with van der Waals surface area (Å²) in [4.78, 5) is 39.0. The predicted molar refractivity (Wildman–Crippen MR) is 92.0 cm³/mol. The third kappa shape index (κ3) is 5.72. The van der Waals surface area contributed by atoms with Crippen LogP contribution < -0.4 is 10.6 Å². The number of amides is 2. The Morgan fingerprint density at radius 3 is 2.60 bits per heavy atom. The first-order valence-electron chi connectivity index (χ1n) is 7.81. The molecule has 7 heteroatoms. The van der Waals surface area contributed by atoms with E-state index in [2.05, 4.69) is 15.6 Å². The minimum absolute atomic E-state index is 0.207. The number of nitrogens with one attached hydrogen (secondary N) is 2. The zero-order valence-corrected chi connectivity index (χ0v) is 13.8. The molecule has 1 heterocycles. The number of ether oxygens (including phenoxy) is 1. The van der Waals surface area contributed by atoms with Crippen LogP contribution in [-0.4, -0.2) is 35.9 Å². The predicted octanol–water partition coefficient (Wildman–Crippen LogP) is 1.56. The highest BCUT2D eigenvalue weighted by Crippen LogP contribution is 2.14. The molecule has 0 saturated carbocycles. The molecule has 0 aliphatic heterocycles. The summed E-state index contributed by atoms with van der Waals surface area (Å²) < 4.78 is 4.85. The largest absolute Gasteiger partial charge is 0.452 e. The van der Waals surface area contributed by atoms with E-state index >= 15 is 0 Å². The molecular weight excluding hydrogens is 322 g/mol. The lowest BCUT2D eigenvalue weighted by Gasteiger charge is -2.10. The fourth-order valence-electron chi connectivity index (χ4n) is 2.07. The third-order valence-electron chi connectivity index (χ3n) is 3.35. The third-order valence-corrected chi connectivity index (χ3v) is 3.35. The Morgan fingerprint density at radius 2 is 1.88 bits per heavy atom. The number of aryl methyl sites for hydroxylation is 1. The summed E-state index contributed by atoms with van der Waals surface area (Å²) in [7, 11) is 0. The molecule has 2 rings (SSSR count). The van der Waals surface area contributed by atoms with Gasteiger partial charge in [0.1, 0.15) is 0 Å². The van der Waals surface area contributed by atoms with E-state index in [9.17, 15) is 14.4 Å². The van der Waals surface area contributed by atoms with E-state index in [0.717, 1.165) is 12.0 Å². The van der Waals surface area contributed by atoms with Crippen LogP contribution in [0.15, 0.2) is 48.8 Å². The van der Waals surface area contributed by atoms with Crippen molar-refractivity contribution in [2.24, 2.45) is 0 Å². The molecule has 1 aromatic carbocycles. The van der Waals surface area contributed by atoms with E-state index in [0.29, 0.717) is 5.69 Å². The van der Waals surface area contributed by atoms with Crippen molar-refractivity contribution in [1.82, 2.24) is 10.3 Å². The molecular formula is C18H19N3O4. The van der Waals surface area contributed by atoms with Crippen LogP contribution in [-0.2, 0) is 20.7 Å². The summed E-state index contributed by atoms with van der Waals surface area (Å²) in [5.74, 6) is -1.56. The van der Waals surface area contributed by atoms with Crippen LogP contribution in [0, 0.1) is 0 Å². The van der Waals surface area contributed by atoms with Gasteiger partial charge in [0, 0.05) is 18.1 Å². The summed E-state index contributed by atoms with van der Waals surface area (Å²) in [6.45, 7) is 1.32. The Kier molecular flexibility index (Phi) is 6.65. The Hall–Kier alpha value is -3.22. The zero-order valence-electron chi connectivity index (χ0n) is 13.8. The molecule has 0 bridgehead atoms. The average molecular weight is 341 g/mol.